The predicted molar refractivity (Wildman–Crippen MR) is 62.2 cm³/mol. The molecule has 0 fully saturated rings. The third kappa shape index (κ3) is 7.79. The molecule has 1 amide bonds. The van der Waals surface area contributed by atoms with Gasteiger partial charge in [0.2, 0.25) is 5.91 Å². The van der Waals surface area contributed by atoms with Crippen LogP contribution in [0.5, 0.6) is 0 Å². The summed E-state index contributed by atoms with van der Waals surface area (Å²) in [6, 6.07) is 0.319. The summed E-state index contributed by atoms with van der Waals surface area (Å²) in [6.45, 7) is 7.17. The number of carbonyl (C=O) groups excluding carboxylic acids is 1. The number of hydrogen-bond donors (Lipinski definition) is 3. The second kappa shape index (κ2) is 7.55. The third-order valence-corrected chi connectivity index (χ3v) is 1.69. The fraction of sp³-hybridized carbons (Fsp3) is 0.778. The minimum atomic E-state index is 0.0485. The van der Waals surface area contributed by atoms with Gasteiger partial charge >= 0.3 is 0 Å². The summed E-state index contributed by atoms with van der Waals surface area (Å²) in [5, 5.41) is 9.32. The molecule has 0 aliphatic heterocycles. The van der Waals surface area contributed by atoms with E-state index < -0.39 is 0 Å². The first-order valence-corrected chi connectivity index (χ1v) is 5.28. The van der Waals surface area contributed by atoms with Crippen molar-refractivity contribution >= 4 is 23.2 Å². The molecular weight excluding hydrogens is 198 g/mol. The highest BCUT2D eigenvalue weighted by molar-refractivity contribution is 7.80. The first-order valence-electron chi connectivity index (χ1n) is 4.87. The molecule has 0 aromatic heterocycles. The van der Waals surface area contributed by atoms with Crippen LogP contribution in [-0.2, 0) is 4.79 Å². The lowest BCUT2D eigenvalue weighted by molar-refractivity contribution is -0.120. The average molecular weight is 217 g/mol. The van der Waals surface area contributed by atoms with Crippen LogP contribution in [0.15, 0.2) is 0 Å². The SMILES string of the molecule is CCNC(=O)CCNC(=S)NC(C)C. The van der Waals surface area contributed by atoms with Crippen LogP contribution in [0.25, 0.3) is 0 Å². The van der Waals surface area contributed by atoms with Crippen molar-refractivity contribution < 1.29 is 4.79 Å². The largest absolute Gasteiger partial charge is 0.362 e. The van der Waals surface area contributed by atoms with Crippen molar-refractivity contribution in [2.45, 2.75) is 33.2 Å². The van der Waals surface area contributed by atoms with E-state index in [2.05, 4.69) is 16.0 Å². The fourth-order valence-electron chi connectivity index (χ4n) is 0.888. The standard InChI is InChI=1S/C9H19N3OS/c1-4-10-8(13)5-6-11-9(14)12-7(2)3/h7H,4-6H2,1-3H3,(H,10,13)(H2,11,12,14). The molecule has 14 heavy (non-hydrogen) atoms. The minimum Gasteiger partial charge on any atom is -0.362 e. The molecule has 3 N–H and O–H groups in total. The van der Waals surface area contributed by atoms with Crippen LogP contribution >= 0.6 is 12.2 Å². The molecule has 0 aliphatic carbocycles. The number of carbonyl (C=O) groups is 1. The van der Waals surface area contributed by atoms with Gasteiger partial charge in [0, 0.05) is 25.6 Å². The van der Waals surface area contributed by atoms with Gasteiger partial charge < -0.3 is 16.0 Å². The van der Waals surface area contributed by atoms with Crippen LogP contribution in [-0.4, -0.2) is 30.2 Å². The van der Waals surface area contributed by atoms with E-state index in [1.165, 1.54) is 0 Å². The molecule has 0 radical (unpaired) electrons. The molecule has 0 atom stereocenters. The Hall–Kier alpha value is -0.840. The summed E-state index contributed by atoms with van der Waals surface area (Å²) in [4.78, 5) is 11.0. The van der Waals surface area contributed by atoms with Crippen LogP contribution < -0.4 is 16.0 Å². The molecule has 5 heteroatoms. The van der Waals surface area contributed by atoms with E-state index in [1.807, 2.05) is 20.8 Å². The molecule has 0 unspecified atom stereocenters. The highest BCUT2D eigenvalue weighted by Crippen LogP contribution is 1.80. The fourth-order valence-corrected chi connectivity index (χ4v) is 1.23. The van der Waals surface area contributed by atoms with E-state index in [-0.39, 0.29) is 5.91 Å². The third-order valence-electron chi connectivity index (χ3n) is 1.43. The van der Waals surface area contributed by atoms with Gasteiger partial charge in [0.15, 0.2) is 5.11 Å². The van der Waals surface area contributed by atoms with E-state index in [0.29, 0.717) is 30.7 Å². The monoisotopic (exact) mass is 217 g/mol. The van der Waals surface area contributed by atoms with E-state index >= 15 is 0 Å². The van der Waals surface area contributed by atoms with Gasteiger partial charge in [-0.05, 0) is 33.0 Å². The maximum absolute atomic E-state index is 11.0. The minimum absolute atomic E-state index is 0.0485. The lowest BCUT2D eigenvalue weighted by atomic mass is 10.4. The highest BCUT2D eigenvalue weighted by Gasteiger charge is 2.00. The molecule has 0 spiro atoms. The van der Waals surface area contributed by atoms with Gasteiger partial charge in [-0.3, -0.25) is 4.79 Å². The van der Waals surface area contributed by atoms with Crippen molar-refractivity contribution in [3.63, 3.8) is 0 Å². The Balaban J connectivity index is 3.44. The van der Waals surface area contributed by atoms with Gasteiger partial charge in [-0.1, -0.05) is 0 Å². The highest BCUT2D eigenvalue weighted by atomic mass is 32.1. The van der Waals surface area contributed by atoms with Crippen molar-refractivity contribution in [1.29, 1.82) is 0 Å². The molecule has 0 heterocycles. The summed E-state index contributed by atoms with van der Waals surface area (Å²) >= 11 is 4.99. The molecule has 4 nitrogen and oxygen atoms in total. The molecule has 0 rings (SSSR count). The van der Waals surface area contributed by atoms with Crippen molar-refractivity contribution in [3.05, 3.63) is 0 Å². The Morgan fingerprint density at radius 3 is 2.50 bits per heavy atom. The lowest BCUT2D eigenvalue weighted by Crippen LogP contribution is -2.40. The van der Waals surface area contributed by atoms with Crippen molar-refractivity contribution in [2.24, 2.45) is 0 Å². The van der Waals surface area contributed by atoms with E-state index in [1.54, 1.807) is 0 Å². The Morgan fingerprint density at radius 2 is 2.00 bits per heavy atom. The Bertz CT molecular complexity index is 194. The summed E-state index contributed by atoms with van der Waals surface area (Å²) in [7, 11) is 0. The number of amides is 1. The summed E-state index contributed by atoms with van der Waals surface area (Å²) < 4.78 is 0. The number of hydrogen-bond acceptors (Lipinski definition) is 2. The van der Waals surface area contributed by atoms with Gasteiger partial charge in [0.25, 0.3) is 0 Å². The molecule has 0 bridgehead atoms. The second-order valence-electron chi connectivity index (χ2n) is 3.26. The molecule has 0 saturated heterocycles. The van der Waals surface area contributed by atoms with Crippen LogP contribution in [0.4, 0.5) is 0 Å². The maximum atomic E-state index is 11.0. The molecule has 0 saturated carbocycles. The van der Waals surface area contributed by atoms with Gasteiger partial charge in [-0.2, -0.15) is 0 Å². The Labute approximate surface area is 90.8 Å². The summed E-state index contributed by atoms with van der Waals surface area (Å²) in [6.07, 6.45) is 0.452. The van der Waals surface area contributed by atoms with E-state index in [0.717, 1.165) is 0 Å². The lowest BCUT2D eigenvalue weighted by Gasteiger charge is -2.12. The van der Waals surface area contributed by atoms with Crippen molar-refractivity contribution in [2.75, 3.05) is 13.1 Å². The first-order chi connectivity index (χ1) is 6.56. The van der Waals surface area contributed by atoms with Crippen LogP contribution in [0, 0.1) is 0 Å². The van der Waals surface area contributed by atoms with Crippen LogP contribution in [0.3, 0.4) is 0 Å². The molecular formula is C9H19N3OS. The maximum Gasteiger partial charge on any atom is 0.221 e. The normalized spacial score (nSPS) is 9.71. The Kier molecular flexibility index (Phi) is 7.10. The zero-order valence-corrected chi connectivity index (χ0v) is 9.83. The van der Waals surface area contributed by atoms with Crippen LogP contribution in [0.2, 0.25) is 0 Å². The molecule has 0 aliphatic rings. The number of nitrogens with one attached hydrogen (secondary N) is 3. The molecule has 0 aromatic carbocycles. The zero-order valence-electron chi connectivity index (χ0n) is 9.02. The van der Waals surface area contributed by atoms with Crippen molar-refractivity contribution in [3.8, 4) is 0 Å². The van der Waals surface area contributed by atoms with E-state index in [4.69, 9.17) is 12.2 Å². The quantitative estimate of drug-likeness (QED) is 0.583. The molecule has 82 valence electrons. The number of thiocarbonyl (C=S) groups is 1. The van der Waals surface area contributed by atoms with Gasteiger partial charge in [0.1, 0.15) is 0 Å². The predicted octanol–water partition coefficient (Wildman–Crippen LogP) is 0.385. The van der Waals surface area contributed by atoms with Gasteiger partial charge in [0.05, 0.1) is 0 Å². The average Bonchev–Trinajstić information content (AvgIpc) is 2.02. The molecule has 0 aromatic rings. The van der Waals surface area contributed by atoms with Crippen molar-refractivity contribution in [1.82, 2.24) is 16.0 Å². The second-order valence-corrected chi connectivity index (χ2v) is 3.67. The topological polar surface area (TPSA) is 53.2 Å². The first kappa shape index (κ1) is 13.2. The Morgan fingerprint density at radius 1 is 1.36 bits per heavy atom. The van der Waals surface area contributed by atoms with E-state index in [9.17, 15) is 4.79 Å². The number of rotatable bonds is 5. The van der Waals surface area contributed by atoms with Crippen LogP contribution in [0.1, 0.15) is 27.2 Å². The summed E-state index contributed by atoms with van der Waals surface area (Å²) in [5.74, 6) is 0.0485. The van der Waals surface area contributed by atoms with Gasteiger partial charge in [-0.25, -0.2) is 0 Å². The van der Waals surface area contributed by atoms with Gasteiger partial charge in [-0.15, -0.1) is 0 Å². The smallest absolute Gasteiger partial charge is 0.221 e. The summed E-state index contributed by atoms with van der Waals surface area (Å²) in [5.41, 5.74) is 0. The zero-order chi connectivity index (χ0) is 11.0.